The van der Waals surface area contributed by atoms with Crippen LogP contribution in [-0.2, 0) is 0 Å². The predicted octanol–water partition coefficient (Wildman–Crippen LogP) is 12.6. The van der Waals surface area contributed by atoms with Gasteiger partial charge in [-0.1, -0.05) is 168 Å². The molecule has 1 heterocycles. The molecule has 0 radical (unpaired) electrons. The van der Waals surface area contributed by atoms with Crippen molar-refractivity contribution in [3.63, 3.8) is 0 Å². The van der Waals surface area contributed by atoms with Gasteiger partial charge in [-0.3, -0.25) is 0 Å². The third kappa shape index (κ3) is 7.48. The molecule has 7 aromatic carbocycles. The van der Waals surface area contributed by atoms with Crippen molar-refractivity contribution in [2.75, 3.05) is 0 Å². The predicted molar refractivity (Wildman–Crippen MR) is 199 cm³/mol. The zero-order valence-corrected chi connectivity index (χ0v) is 27.1. The molecule has 0 amide bonds. The number of benzene rings is 7. The third-order valence-corrected chi connectivity index (χ3v) is 8.84. The molecule has 0 aliphatic rings. The van der Waals surface area contributed by atoms with Gasteiger partial charge in [0, 0.05) is 26.3 Å². The van der Waals surface area contributed by atoms with E-state index in [1.165, 1.54) is 59.5 Å². The summed E-state index contributed by atoms with van der Waals surface area (Å²) >= 11 is 1.81. The first-order valence-electron chi connectivity index (χ1n) is 15.6. The summed E-state index contributed by atoms with van der Waals surface area (Å²) in [5, 5.41) is 2.58. The van der Waals surface area contributed by atoms with Gasteiger partial charge in [-0.2, -0.15) is 0 Å². The molecule has 1 aromatic heterocycles. The molecule has 0 atom stereocenters. The zero-order valence-electron chi connectivity index (χ0n) is 26.3. The number of nitrogens with zero attached hydrogens (tertiary/aromatic N) is 1. The number of para-hydroxylation sites is 2. The minimum Gasteiger partial charge on any atom is -0.309 e. The van der Waals surface area contributed by atoms with Crippen LogP contribution in [0.3, 0.4) is 0 Å². The second kappa shape index (κ2) is 15.1. The summed E-state index contributed by atoms with van der Waals surface area (Å²) in [4.78, 5) is 2.52. The molecule has 8 aromatic rings. The van der Waals surface area contributed by atoms with Crippen molar-refractivity contribution in [3.05, 3.63) is 199 Å². The van der Waals surface area contributed by atoms with E-state index in [0.717, 1.165) is 0 Å². The Kier molecular flexibility index (Phi) is 10.1. The van der Waals surface area contributed by atoms with Crippen molar-refractivity contribution < 1.29 is 0 Å². The maximum absolute atomic E-state index is 2.36. The van der Waals surface area contributed by atoms with Crippen LogP contribution in [0.25, 0.3) is 38.6 Å². The molecular weight excluding hydrogens is 575 g/mol. The van der Waals surface area contributed by atoms with Crippen molar-refractivity contribution in [1.82, 2.24) is 4.57 Å². The standard InChI is InChI=1S/C30H21NS.2C7H8/c1-2-10-24(11-3-1)32-30-17-9-6-12-25(30)22-18-20-23(21-19-22)31-28-15-7-4-13-26(28)27-14-5-8-16-29(27)31;2*1-7-5-3-2-4-6-7/h1-21H;2*2-6H,1H3. The van der Waals surface area contributed by atoms with E-state index >= 15 is 0 Å². The van der Waals surface area contributed by atoms with E-state index in [1.54, 1.807) is 0 Å². The molecule has 0 aliphatic heterocycles. The van der Waals surface area contributed by atoms with Gasteiger partial charge in [0.1, 0.15) is 0 Å². The lowest BCUT2D eigenvalue weighted by atomic mass is 10.1. The van der Waals surface area contributed by atoms with Crippen LogP contribution in [0.5, 0.6) is 0 Å². The molecule has 2 heteroatoms. The third-order valence-electron chi connectivity index (χ3n) is 7.76. The Hall–Kier alpha value is -5.31. The molecule has 0 aliphatic carbocycles. The first-order chi connectivity index (χ1) is 22.7. The smallest absolute Gasteiger partial charge is 0.0541 e. The summed E-state index contributed by atoms with van der Waals surface area (Å²) in [6.07, 6.45) is 0. The van der Waals surface area contributed by atoms with Gasteiger partial charge in [-0.15, -0.1) is 0 Å². The second-order valence-electron chi connectivity index (χ2n) is 11.1. The fourth-order valence-electron chi connectivity index (χ4n) is 5.47. The summed E-state index contributed by atoms with van der Waals surface area (Å²) < 4.78 is 2.36. The van der Waals surface area contributed by atoms with E-state index < -0.39 is 0 Å². The summed E-state index contributed by atoms with van der Waals surface area (Å²) in [5.41, 5.74) is 8.79. The molecule has 8 rings (SSSR count). The molecule has 1 nitrogen and oxygen atoms in total. The van der Waals surface area contributed by atoms with E-state index in [1.807, 2.05) is 48.2 Å². The Balaban J connectivity index is 0.000000219. The fourth-order valence-corrected chi connectivity index (χ4v) is 6.46. The largest absolute Gasteiger partial charge is 0.309 e. The summed E-state index contributed by atoms with van der Waals surface area (Å²) in [5.74, 6) is 0. The Morgan fingerprint density at radius 2 is 0.826 bits per heavy atom. The maximum Gasteiger partial charge on any atom is 0.0541 e. The molecule has 0 N–H and O–H groups in total. The summed E-state index contributed by atoms with van der Waals surface area (Å²) in [7, 11) is 0. The number of aromatic nitrogens is 1. The number of hydrogen-bond acceptors (Lipinski definition) is 1. The van der Waals surface area contributed by atoms with Crippen LogP contribution in [-0.4, -0.2) is 4.57 Å². The molecule has 0 unspecified atom stereocenters. The van der Waals surface area contributed by atoms with Crippen LogP contribution >= 0.6 is 11.8 Å². The topological polar surface area (TPSA) is 4.93 Å². The van der Waals surface area contributed by atoms with Crippen LogP contribution in [0, 0.1) is 13.8 Å². The molecule has 0 saturated heterocycles. The molecule has 0 bridgehead atoms. The van der Waals surface area contributed by atoms with Crippen LogP contribution in [0.4, 0.5) is 0 Å². The Bertz CT molecular complexity index is 2020. The number of hydrogen-bond donors (Lipinski definition) is 0. The average molecular weight is 612 g/mol. The van der Waals surface area contributed by atoms with E-state index in [9.17, 15) is 0 Å². The number of fused-ring (bicyclic) bond motifs is 3. The highest BCUT2D eigenvalue weighted by atomic mass is 32.2. The molecular formula is C44H37NS. The van der Waals surface area contributed by atoms with E-state index in [-0.39, 0.29) is 0 Å². The van der Waals surface area contributed by atoms with Crippen LogP contribution < -0.4 is 0 Å². The van der Waals surface area contributed by atoms with Crippen molar-refractivity contribution in [2.24, 2.45) is 0 Å². The number of aryl methyl sites for hydroxylation is 2. The van der Waals surface area contributed by atoms with Gasteiger partial charge >= 0.3 is 0 Å². The highest BCUT2D eigenvalue weighted by molar-refractivity contribution is 7.99. The minimum atomic E-state index is 1.18. The van der Waals surface area contributed by atoms with Crippen molar-refractivity contribution in [3.8, 4) is 16.8 Å². The van der Waals surface area contributed by atoms with Crippen molar-refractivity contribution >= 4 is 33.6 Å². The van der Waals surface area contributed by atoms with E-state index in [2.05, 4.69) is 170 Å². The van der Waals surface area contributed by atoms with Crippen LogP contribution in [0.1, 0.15) is 11.1 Å². The molecule has 0 spiro atoms. The SMILES string of the molecule is Cc1ccccc1.Cc1ccccc1.c1ccc(Sc2ccccc2-c2ccc(-n3c4ccccc4c4ccccc43)cc2)cc1. The van der Waals surface area contributed by atoms with Gasteiger partial charge in [0.15, 0.2) is 0 Å². The Morgan fingerprint density at radius 1 is 0.391 bits per heavy atom. The Labute approximate surface area is 276 Å². The van der Waals surface area contributed by atoms with E-state index in [0.29, 0.717) is 0 Å². The van der Waals surface area contributed by atoms with Crippen LogP contribution in [0.15, 0.2) is 198 Å². The quantitative estimate of drug-likeness (QED) is 0.192. The van der Waals surface area contributed by atoms with E-state index in [4.69, 9.17) is 0 Å². The Morgan fingerprint density at radius 3 is 1.33 bits per heavy atom. The minimum absolute atomic E-state index is 1.18. The lowest BCUT2D eigenvalue weighted by Crippen LogP contribution is -1.93. The molecule has 224 valence electrons. The van der Waals surface area contributed by atoms with Crippen molar-refractivity contribution in [1.29, 1.82) is 0 Å². The fraction of sp³-hybridized carbons (Fsp3) is 0.0455. The highest BCUT2D eigenvalue weighted by Crippen LogP contribution is 2.37. The first-order valence-corrected chi connectivity index (χ1v) is 16.4. The van der Waals surface area contributed by atoms with Crippen molar-refractivity contribution in [2.45, 2.75) is 23.6 Å². The van der Waals surface area contributed by atoms with Gasteiger partial charge in [0.25, 0.3) is 0 Å². The lowest BCUT2D eigenvalue weighted by Gasteiger charge is -2.12. The van der Waals surface area contributed by atoms with Crippen LogP contribution in [0.2, 0.25) is 0 Å². The van der Waals surface area contributed by atoms with Gasteiger partial charge in [-0.05, 0) is 67.4 Å². The number of rotatable bonds is 4. The zero-order chi connectivity index (χ0) is 31.6. The second-order valence-corrected chi connectivity index (χ2v) is 12.3. The molecule has 0 saturated carbocycles. The van der Waals surface area contributed by atoms with Gasteiger partial charge in [-0.25, -0.2) is 0 Å². The molecule has 46 heavy (non-hydrogen) atoms. The average Bonchev–Trinajstić information content (AvgIpc) is 3.45. The van der Waals surface area contributed by atoms with Gasteiger partial charge in [0.05, 0.1) is 11.0 Å². The molecule has 0 fully saturated rings. The summed E-state index contributed by atoms with van der Waals surface area (Å²) in [6.45, 7) is 4.17. The first kappa shape index (κ1) is 30.7. The highest BCUT2D eigenvalue weighted by Gasteiger charge is 2.12. The lowest BCUT2D eigenvalue weighted by molar-refractivity contribution is 1.18. The monoisotopic (exact) mass is 611 g/mol. The van der Waals surface area contributed by atoms with Gasteiger partial charge < -0.3 is 4.57 Å². The summed E-state index contributed by atoms with van der Waals surface area (Å²) in [6, 6.07) is 65.9. The maximum atomic E-state index is 2.36. The van der Waals surface area contributed by atoms with Gasteiger partial charge in [0.2, 0.25) is 0 Å². The normalized spacial score (nSPS) is 10.5.